The molecular weight excluding hydrogens is 177 g/mol. The predicted octanol–water partition coefficient (Wildman–Crippen LogP) is -0.594. The lowest BCUT2D eigenvalue weighted by molar-refractivity contribution is -0.896. The van der Waals surface area contributed by atoms with Crippen molar-refractivity contribution in [3.05, 3.63) is 30.6 Å². The van der Waals surface area contributed by atoms with Gasteiger partial charge in [0.15, 0.2) is 0 Å². The average Bonchev–Trinajstić information content (AvgIpc) is 2.48. The van der Waals surface area contributed by atoms with E-state index in [1.807, 2.05) is 6.07 Å². The molecule has 0 unspecified atom stereocenters. The Bertz CT molecular complexity index is 447. The maximum Gasteiger partial charge on any atom is 0.281 e. The molecule has 0 amide bonds. The van der Waals surface area contributed by atoms with Crippen LogP contribution >= 0.6 is 0 Å². The minimum absolute atomic E-state index is 0.543. The van der Waals surface area contributed by atoms with E-state index in [4.69, 9.17) is 7.85 Å². The van der Waals surface area contributed by atoms with Crippen molar-refractivity contribution in [3.63, 3.8) is 0 Å². The molecule has 2 rings (SSSR count). The number of nitrogens with zero attached hydrogens (tertiary/aromatic N) is 3. The van der Waals surface area contributed by atoms with Crippen LogP contribution in [0.1, 0.15) is 0 Å². The SMILES string of the molecule is [B]c1cnn(C)c1-c1cccc[n+]1O. The number of aromatic nitrogens is 3. The second-order valence-corrected chi connectivity index (χ2v) is 3.00. The van der Waals surface area contributed by atoms with Gasteiger partial charge in [-0.15, -0.1) is 0 Å². The highest BCUT2D eigenvalue weighted by atomic mass is 16.5. The molecule has 0 saturated heterocycles. The Hall–Kier alpha value is -1.78. The van der Waals surface area contributed by atoms with Crippen LogP contribution in [0.25, 0.3) is 11.4 Å². The molecular formula is C9H9BN3O+. The van der Waals surface area contributed by atoms with E-state index < -0.39 is 0 Å². The zero-order valence-electron chi connectivity index (χ0n) is 7.75. The first kappa shape index (κ1) is 8.81. The summed E-state index contributed by atoms with van der Waals surface area (Å²) in [6, 6.07) is 5.33. The van der Waals surface area contributed by atoms with Crippen molar-refractivity contribution in [3.8, 4) is 11.4 Å². The highest BCUT2D eigenvalue weighted by molar-refractivity contribution is 6.35. The molecule has 2 heterocycles. The fourth-order valence-corrected chi connectivity index (χ4v) is 1.39. The van der Waals surface area contributed by atoms with Gasteiger partial charge in [0.2, 0.25) is 6.20 Å². The molecule has 0 bridgehead atoms. The third kappa shape index (κ3) is 1.27. The zero-order valence-corrected chi connectivity index (χ0v) is 7.75. The minimum atomic E-state index is 0.543. The highest BCUT2D eigenvalue weighted by Gasteiger charge is 2.17. The van der Waals surface area contributed by atoms with E-state index in [1.54, 1.807) is 36.3 Å². The van der Waals surface area contributed by atoms with E-state index in [9.17, 15) is 5.21 Å². The third-order valence-corrected chi connectivity index (χ3v) is 2.05. The lowest BCUT2D eigenvalue weighted by atomic mass is 9.95. The minimum Gasteiger partial charge on any atom is -0.284 e. The van der Waals surface area contributed by atoms with Crippen LogP contribution in [0.3, 0.4) is 0 Å². The Kier molecular flexibility index (Phi) is 2.00. The Morgan fingerprint density at radius 2 is 2.29 bits per heavy atom. The second kappa shape index (κ2) is 3.18. The molecule has 0 aliphatic heterocycles. The average molecular weight is 186 g/mol. The standard InChI is InChI=1S/C9H9BN3O/c1-12-9(7(10)6-11-12)8-4-2-3-5-13(8)14/h2-6,14H,1H3/q+1. The lowest BCUT2D eigenvalue weighted by Crippen LogP contribution is -2.33. The Balaban J connectivity index is 2.66. The predicted molar refractivity (Wildman–Crippen MR) is 51.4 cm³/mol. The van der Waals surface area contributed by atoms with Gasteiger partial charge in [0.25, 0.3) is 5.69 Å². The Morgan fingerprint density at radius 1 is 1.50 bits per heavy atom. The first-order valence-corrected chi connectivity index (χ1v) is 4.18. The van der Waals surface area contributed by atoms with Crippen molar-refractivity contribution in [1.82, 2.24) is 9.78 Å². The Morgan fingerprint density at radius 3 is 2.86 bits per heavy atom. The summed E-state index contributed by atoms with van der Waals surface area (Å²) in [6.45, 7) is 0. The molecule has 0 aromatic carbocycles. The molecule has 5 heteroatoms. The van der Waals surface area contributed by atoms with Crippen LogP contribution in [0.4, 0.5) is 0 Å². The summed E-state index contributed by atoms with van der Waals surface area (Å²) >= 11 is 0. The summed E-state index contributed by atoms with van der Waals surface area (Å²) in [5, 5.41) is 13.6. The van der Waals surface area contributed by atoms with Crippen molar-refractivity contribution in [2.45, 2.75) is 0 Å². The molecule has 4 nitrogen and oxygen atoms in total. The van der Waals surface area contributed by atoms with Crippen molar-refractivity contribution < 1.29 is 9.94 Å². The number of rotatable bonds is 1. The number of hydrogen-bond acceptors (Lipinski definition) is 2. The van der Waals surface area contributed by atoms with Crippen molar-refractivity contribution in [2.24, 2.45) is 7.05 Å². The van der Waals surface area contributed by atoms with Crippen molar-refractivity contribution in [1.29, 1.82) is 0 Å². The second-order valence-electron chi connectivity index (χ2n) is 3.00. The molecule has 0 fully saturated rings. The molecule has 14 heavy (non-hydrogen) atoms. The molecule has 0 spiro atoms. The van der Waals surface area contributed by atoms with Crippen LogP contribution in [0, 0.1) is 0 Å². The Labute approximate surface area is 82.8 Å². The summed E-state index contributed by atoms with van der Waals surface area (Å²) in [5.41, 5.74) is 1.86. The number of hydrogen-bond donors (Lipinski definition) is 1. The van der Waals surface area contributed by atoms with Crippen LogP contribution in [0.5, 0.6) is 0 Å². The van der Waals surface area contributed by atoms with Crippen LogP contribution in [-0.4, -0.2) is 22.8 Å². The van der Waals surface area contributed by atoms with E-state index in [2.05, 4.69) is 5.10 Å². The molecule has 68 valence electrons. The number of aryl methyl sites for hydroxylation is 1. The summed E-state index contributed by atoms with van der Waals surface area (Å²) < 4.78 is 2.64. The van der Waals surface area contributed by atoms with Gasteiger partial charge in [-0.2, -0.15) is 5.10 Å². The smallest absolute Gasteiger partial charge is 0.281 e. The van der Waals surface area contributed by atoms with Crippen molar-refractivity contribution >= 4 is 13.3 Å². The molecule has 0 saturated carbocycles. The maximum absolute atomic E-state index is 9.55. The monoisotopic (exact) mass is 186 g/mol. The van der Waals surface area contributed by atoms with E-state index >= 15 is 0 Å². The summed E-state index contributed by atoms with van der Waals surface area (Å²) in [4.78, 5) is 0. The van der Waals surface area contributed by atoms with E-state index in [-0.39, 0.29) is 0 Å². The summed E-state index contributed by atoms with van der Waals surface area (Å²) in [5.74, 6) is 0. The molecule has 0 aliphatic carbocycles. The zero-order chi connectivity index (χ0) is 10.1. The maximum atomic E-state index is 9.55. The first-order chi connectivity index (χ1) is 6.70. The normalized spacial score (nSPS) is 10.4. The van der Waals surface area contributed by atoms with Gasteiger partial charge in [0, 0.05) is 30.1 Å². The van der Waals surface area contributed by atoms with Gasteiger partial charge >= 0.3 is 0 Å². The largest absolute Gasteiger partial charge is 0.284 e. The molecule has 0 aliphatic rings. The topological polar surface area (TPSA) is 41.9 Å². The quantitative estimate of drug-likeness (QED) is 0.367. The van der Waals surface area contributed by atoms with Crippen LogP contribution in [0.2, 0.25) is 0 Å². The summed E-state index contributed by atoms with van der Waals surface area (Å²) in [6.07, 6.45) is 3.10. The van der Waals surface area contributed by atoms with E-state index in [1.165, 1.54) is 0 Å². The fraction of sp³-hybridized carbons (Fsp3) is 0.111. The molecule has 0 atom stereocenters. The van der Waals surface area contributed by atoms with Gasteiger partial charge in [-0.05, 0) is 11.5 Å². The molecule has 1 N–H and O–H groups in total. The molecule has 2 radical (unpaired) electrons. The molecule has 2 aromatic heterocycles. The van der Waals surface area contributed by atoms with E-state index in [0.717, 1.165) is 4.73 Å². The van der Waals surface area contributed by atoms with Crippen LogP contribution in [0.15, 0.2) is 30.6 Å². The van der Waals surface area contributed by atoms with Crippen LogP contribution in [-0.2, 0) is 7.05 Å². The molecule has 2 aromatic rings. The highest BCUT2D eigenvalue weighted by Crippen LogP contribution is 2.09. The summed E-state index contributed by atoms with van der Waals surface area (Å²) in [7, 11) is 7.51. The van der Waals surface area contributed by atoms with Gasteiger partial charge in [-0.25, -0.2) is 0 Å². The first-order valence-electron chi connectivity index (χ1n) is 4.18. The van der Waals surface area contributed by atoms with Crippen LogP contribution < -0.4 is 10.2 Å². The third-order valence-electron chi connectivity index (χ3n) is 2.05. The number of pyridine rings is 1. The fourth-order valence-electron chi connectivity index (χ4n) is 1.39. The van der Waals surface area contributed by atoms with Gasteiger partial charge in [0.1, 0.15) is 13.5 Å². The van der Waals surface area contributed by atoms with Gasteiger partial charge in [-0.1, -0.05) is 0 Å². The van der Waals surface area contributed by atoms with E-state index in [0.29, 0.717) is 16.9 Å². The van der Waals surface area contributed by atoms with Gasteiger partial charge < -0.3 is 0 Å². The lowest BCUT2D eigenvalue weighted by Gasteiger charge is -1.99. The van der Waals surface area contributed by atoms with Crippen molar-refractivity contribution in [2.75, 3.05) is 0 Å². The van der Waals surface area contributed by atoms with Gasteiger partial charge in [0.05, 0.1) is 0 Å². The van der Waals surface area contributed by atoms with Gasteiger partial charge in [-0.3, -0.25) is 9.89 Å².